The normalized spacial score (nSPS) is 16.0. The smallest absolute Gasteiger partial charge is 0.291 e. The van der Waals surface area contributed by atoms with Gasteiger partial charge in [0.1, 0.15) is 10.8 Å². The molecule has 1 saturated heterocycles. The number of rotatable bonds is 5. The number of amides is 1. The number of nitrogens with one attached hydrogen (secondary N) is 1. The van der Waals surface area contributed by atoms with Gasteiger partial charge < -0.3 is 14.5 Å². The molecule has 0 unspecified atom stereocenters. The van der Waals surface area contributed by atoms with Crippen LogP contribution in [0.2, 0.25) is 0 Å². The predicted octanol–water partition coefficient (Wildman–Crippen LogP) is 4.77. The number of halogens is 1. The lowest BCUT2D eigenvalue weighted by atomic mass is 9.94. The third-order valence-electron chi connectivity index (χ3n) is 5.29. The molecule has 3 aromatic rings. The van der Waals surface area contributed by atoms with Gasteiger partial charge in [-0.2, -0.15) is 0 Å². The Hall–Kier alpha value is -2.48. The Labute approximate surface area is 173 Å². The van der Waals surface area contributed by atoms with Gasteiger partial charge in [-0.15, -0.1) is 11.3 Å². The summed E-state index contributed by atoms with van der Waals surface area (Å²) < 4.78 is 25.6. The lowest BCUT2D eigenvalue weighted by molar-refractivity contribution is 0.0234. The molecule has 1 aromatic carbocycles. The van der Waals surface area contributed by atoms with Gasteiger partial charge in [-0.3, -0.25) is 9.69 Å². The van der Waals surface area contributed by atoms with Gasteiger partial charge in [-0.1, -0.05) is 18.2 Å². The second-order valence-electron chi connectivity index (χ2n) is 7.03. The lowest BCUT2D eigenvalue weighted by Crippen LogP contribution is -2.40. The fourth-order valence-corrected chi connectivity index (χ4v) is 4.79. The minimum atomic E-state index is -0.313. The van der Waals surface area contributed by atoms with Gasteiger partial charge in [0.05, 0.1) is 25.5 Å². The molecular formula is C22H23FN2O3S. The molecule has 0 saturated carbocycles. The molecule has 1 amide bonds. The first-order valence-electron chi connectivity index (χ1n) is 9.57. The molecule has 3 heterocycles. The average Bonchev–Trinajstić information content (AvgIpc) is 3.35. The lowest BCUT2D eigenvalue weighted by Gasteiger charge is -2.35. The minimum Gasteiger partial charge on any atom is -0.459 e. The third kappa shape index (κ3) is 3.99. The number of anilines is 1. The molecule has 0 bridgehead atoms. The number of thiophene rings is 1. The Morgan fingerprint density at radius 1 is 1.17 bits per heavy atom. The number of carbonyl (C=O) groups excluding carboxylic acids is 1. The van der Waals surface area contributed by atoms with Crippen molar-refractivity contribution in [2.45, 2.75) is 19.9 Å². The van der Waals surface area contributed by atoms with E-state index in [0.717, 1.165) is 21.0 Å². The first-order chi connectivity index (χ1) is 14.1. The Balaban J connectivity index is 1.79. The number of benzene rings is 1. The van der Waals surface area contributed by atoms with Crippen molar-refractivity contribution in [1.29, 1.82) is 0 Å². The fourth-order valence-electron chi connectivity index (χ4n) is 3.71. The summed E-state index contributed by atoms with van der Waals surface area (Å²) in [7, 11) is 0. The topological polar surface area (TPSA) is 54.7 Å². The first kappa shape index (κ1) is 19.8. The van der Waals surface area contributed by atoms with Crippen molar-refractivity contribution in [3.8, 4) is 0 Å². The minimum absolute atomic E-state index is 0.244. The zero-order valence-corrected chi connectivity index (χ0v) is 17.2. The molecule has 0 aliphatic carbocycles. The summed E-state index contributed by atoms with van der Waals surface area (Å²) in [5.74, 6) is -0.323. The van der Waals surface area contributed by atoms with E-state index in [2.05, 4.69) is 10.2 Å². The molecule has 4 rings (SSSR count). The predicted molar refractivity (Wildman–Crippen MR) is 111 cm³/mol. The van der Waals surface area contributed by atoms with Crippen LogP contribution in [0.3, 0.4) is 0 Å². The molecule has 1 fully saturated rings. The standard InChI is InChI=1S/C22H23FN2O3S/c1-14-15(2)29-22(24-21(26)18-8-5-11-28-18)19(14)20(25-9-12-27-13-10-25)16-6-3-4-7-17(16)23/h3-8,11,20H,9-10,12-13H2,1-2H3,(H,24,26)/t20-/m1/s1. The molecule has 0 spiro atoms. The van der Waals surface area contributed by atoms with Crippen LogP contribution in [-0.2, 0) is 4.74 Å². The highest BCUT2D eigenvalue weighted by molar-refractivity contribution is 7.16. The largest absolute Gasteiger partial charge is 0.459 e. The number of carbonyl (C=O) groups is 1. The van der Waals surface area contributed by atoms with Gasteiger partial charge in [-0.25, -0.2) is 4.39 Å². The summed E-state index contributed by atoms with van der Waals surface area (Å²) >= 11 is 1.51. The summed E-state index contributed by atoms with van der Waals surface area (Å²) in [5.41, 5.74) is 2.59. The molecule has 1 aliphatic rings. The van der Waals surface area contributed by atoms with Gasteiger partial charge in [0.15, 0.2) is 5.76 Å². The van der Waals surface area contributed by atoms with Crippen LogP contribution in [0, 0.1) is 19.7 Å². The van der Waals surface area contributed by atoms with Crippen molar-refractivity contribution in [3.05, 3.63) is 75.8 Å². The molecule has 1 aliphatic heterocycles. The Bertz CT molecular complexity index is 994. The molecule has 1 N–H and O–H groups in total. The number of hydrogen-bond acceptors (Lipinski definition) is 5. The summed E-state index contributed by atoms with van der Waals surface area (Å²) in [4.78, 5) is 16.0. The quantitative estimate of drug-likeness (QED) is 0.653. The number of furan rings is 1. The van der Waals surface area contributed by atoms with E-state index >= 15 is 0 Å². The Morgan fingerprint density at radius 3 is 2.62 bits per heavy atom. The van der Waals surface area contributed by atoms with E-state index in [9.17, 15) is 9.18 Å². The van der Waals surface area contributed by atoms with Crippen LogP contribution in [0.5, 0.6) is 0 Å². The van der Waals surface area contributed by atoms with Crippen LogP contribution < -0.4 is 5.32 Å². The van der Waals surface area contributed by atoms with Gasteiger partial charge in [0.2, 0.25) is 0 Å². The van der Waals surface area contributed by atoms with Crippen LogP contribution >= 0.6 is 11.3 Å². The SMILES string of the molecule is Cc1sc(NC(=O)c2ccco2)c([C@@H](c2ccccc2F)N2CCOCC2)c1C. The Kier molecular flexibility index (Phi) is 5.80. The average molecular weight is 415 g/mol. The van der Waals surface area contributed by atoms with Crippen LogP contribution in [-0.4, -0.2) is 37.1 Å². The molecule has 0 radical (unpaired) electrons. The van der Waals surface area contributed by atoms with Crippen molar-refractivity contribution in [2.75, 3.05) is 31.6 Å². The summed E-state index contributed by atoms with van der Waals surface area (Å²) in [6.07, 6.45) is 1.47. The third-order valence-corrected chi connectivity index (χ3v) is 6.43. The highest BCUT2D eigenvalue weighted by Gasteiger charge is 2.32. The molecule has 29 heavy (non-hydrogen) atoms. The number of aryl methyl sites for hydroxylation is 1. The monoisotopic (exact) mass is 414 g/mol. The van der Waals surface area contributed by atoms with Crippen molar-refractivity contribution in [3.63, 3.8) is 0 Å². The van der Waals surface area contributed by atoms with E-state index in [-0.39, 0.29) is 23.5 Å². The fraction of sp³-hybridized carbons (Fsp3) is 0.318. The second kappa shape index (κ2) is 8.49. The zero-order chi connectivity index (χ0) is 20.4. The summed E-state index contributed by atoms with van der Waals surface area (Å²) in [6.45, 7) is 6.63. The van der Waals surface area contributed by atoms with Crippen LogP contribution in [0.25, 0.3) is 0 Å². The van der Waals surface area contributed by atoms with Crippen LogP contribution in [0.4, 0.5) is 9.39 Å². The highest BCUT2D eigenvalue weighted by Crippen LogP contribution is 2.43. The van der Waals surface area contributed by atoms with E-state index in [4.69, 9.17) is 9.15 Å². The number of morpholine rings is 1. The number of nitrogens with zero attached hydrogens (tertiary/aromatic N) is 1. The molecule has 152 valence electrons. The van der Waals surface area contributed by atoms with E-state index < -0.39 is 0 Å². The molecule has 5 nitrogen and oxygen atoms in total. The Morgan fingerprint density at radius 2 is 1.93 bits per heavy atom. The summed E-state index contributed by atoms with van der Waals surface area (Å²) in [6, 6.07) is 9.84. The maximum absolute atomic E-state index is 14.9. The van der Waals surface area contributed by atoms with Gasteiger partial charge in [-0.05, 0) is 37.6 Å². The van der Waals surface area contributed by atoms with Crippen LogP contribution in [0.15, 0.2) is 47.1 Å². The maximum Gasteiger partial charge on any atom is 0.291 e. The van der Waals surface area contributed by atoms with Gasteiger partial charge in [0, 0.05) is 29.1 Å². The number of hydrogen-bond donors (Lipinski definition) is 1. The van der Waals surface area contributed by atoms with E-state index in [1.54, 1.807) is 18.2 Å². The van der Waals surface area contributed by atoms with Gasteiger partial charge in [0.25, 0.3) is 5.91 Å². The van der Waals surface area contributed by atoms with E-state index in [0.29, 0.717) is 31.9 Å². The van der Waals surface area contributed by atoms with Crippen molar-refractivity contribution in [2.24, 2.45) is 0 Å². The van der Waals surface area contributed by atoms with Gasteiger partial charge >= 0.3 is 0 Å². The number of ether oxygens (including phenoxy) is 1. The molecule has 2 aromatic heterocycles. The molecular weight excluding hydrogens is 391 g/mol. The zero-order valence-electron chi connectivity index (χ0n) is 16.4. The molecule has 7 heteroatoms. The summed E-state index contributed by atoms with van der Waals surface area (Å²) in [5, 5.41) is 3.71. The van der Waals surface area contributed by atoms with Crippen molar-refractivity contribution in [1.82, 2.24) is 4.90 Å². The van der Waals surface area contributed by atoms with Crippen molar-refractivity contribution >= 4 is 22.2 Å². The highest BCUT2D eigenvalue weighted by atomic mass is 32.1. The maximum atomic E-state index is 14.9. The van der Waals surface area contributed by atoms with E-state index in [1.807, 2.05) is 26.0 Å². The molecule has 1 atom stereocenters. The first-order valence-corrected chi connectivity index (χ1v) is 10.4. The second-order valence-corrected chi connectivity index (χ2v) is 8.25. The van der Waals surface area contributed by atoms with Crippen LogP contribution in [0.1, 0.15) is 38.2 Å². The van der Waals surface area contributed by atoms with E-state index in [1.165, 1.54) is 23.7 Å². The van der Waals surface area contributed by atoms with Crippen molar-refractivity contribution < 1.29 is 18.3 Å².